The van der Waals surface area contributed by atoms with Crippen LogP contribution in [-0.4, -0.2) is 28.9 Å². The van der Waals surface area contributed by atoms with E-state index in [-0.39, 0.29) is 5.92 Å². The van der Waals surface area contributed by atoms with E-state index < -0.39 is 0 Å². The lowest BCUT2D eigenvalue weighted by Gasteiger charge is -2.28. The third kappa shape index (κ3) is 3.22. The number of thiocarbonyl (C=S) groups is 1. The Labute approximate surface area is 115 Å². The molecular weight excluding hydrogens is 244 g/mol. The van der Waals surface area contributed by atoms with Crippen LogP contribution in [0.5, 0.6) is 0 Å². The number of rotatable bonds is 7. The molecule has 0 bridgehead atoms. The van der Waals surface area contributed by atoms with E-state index in [0.29, 0.717) is 35.2 Å². The molecule has 3 nitrogen and oxygen atoms in total. The molecule has 0 radical (unpaired) electrons. The summed E-state index contributed by atoms with van der Waals surface area (Å²) in [5, 5.41) is 0. The van der Waals surface area contributed by atoms with E-state index in [4.69, 9.17) is 18.0 Å². The van der Waals surface area contributed by atoms with Crippen molar-refractivity contribution in [1.82, 2.24) is 4.90 Å². The molecule has 0 saturated heterocycles. The molecule has 1 amide bonds. The van der Waals surface area contributed by atoms with Gasteiger partial charge >= 0.3 is 0 Å². The summed E-state index contributed by atoms with van der Waals surface area (Å²) in [6, 6.07) is 0. The molecule has 2 N–H and O–H groups in total. The molecule has 4 heteroatoms. The van der Waals surface area contributed by atoms with Crippen molar-refractivity contribution < 1.29 is 4.79 Å². The van der Waals surface area contributed by atoms with Crippen LogP contribution in [0.3, 0.4) is 0 Å². The highest BCUT2D eigenvalue weighted by Crippen LogP contribution is 2.49. The normalized spacial score (nSPS) is 20.8. The molecule has 2 aliphatic carbocycles. The zero-order valence-electron chi connectivity index (χ0n) is 11.4. The highest BCUT2D eigenvalue weighted by molar-refractivity contribution is 7.80. The average molecular weight is 268 g/mol. The van der Waals surface area contributed by atoms with Gasteiger partial charge in [0, 0.05) is 24.9 Å². The summed E-state index contributed by atoms with van der Waals surface area (Å²) >= 11 is 5.00. The van der Waals surface area contributed by atoms with Crippen molar-refractivity contribution in [1.29, 1.82) is 0 Å². The van der Waals surface area contributed by atoms with Crippen molar-refractivity contribution >= 4 is 23.1 Å². The third-order valence-electron chi connectivity index (χ3n) is 4.22. The van der Waals surface area contributed by atoms with E-state index in [1.54, 1.807) is 0 Å². The molecule has 2 saturated carbocycles. The lowest BCUT2D eigenvalue weighted by molar-refractivity contribution is -0.137. The van der Waals surface area contributed by atoms with E-state index in [2.05, 4.69) is 0 Å². The number of hydrogen-bond acceptors (Lipinski definition) is 2. The maximum Gasteiger partial charge on any atom is 0.226 e. The predicted octanol–water partition coefficient (Wildman–Crippen LogP) is 2.19. The van der Waals surface area contributed by atoms with E-state index in [1.165, 1.54) is 25.7 Å². The van der Waals surface area contributed by atoms with Gasteiger partial charge in [-0.15, -0.1) is 0 Å². The molecule has 0 aromatic rings. The Morgan fingerprint density at radius 2 is 1.83 bits per heavy atom. The molecule has 2 rings (SSSR count). The standard InChI is InChI=1S/C14H24N2OS/c1-3-16(8-9(2)13(15)18)14(17)12(10-4-5-10)11-6-7-11/h9-12H,3-8H2,1-2H3,(H2,15,18). The molecule has 1 atom stereocenters. The van der Waals surface area contributed by atoms with Gasteiger partial charge in [-0.3, -0.25) is 4.79 Å². The second-order valence-electron chi connectivity index (χ2n) is 5.88. The first-order valence-electron chi connectivity index (χ1n) is 7.12. The summed E-state index contributed by atoms with van der Waals surface area (Å²) in [6.07, 6.45) is 4.98. The van der Waals surface area contributed by atoms with Crippen LogP contribution in [0, 0.1) is 23.7 Å². The molecule has 0 aromatic carbocycles. The SMILES string of the molecule is CCN(CC(C)C(N)=S)C(=O)C(C1CC1)C1CC1. The fraction of sp³-hybridized carbons (Fsp3) is 0.857. The van der Waals surface area contributed by atoms with Crippen LogP contribution in [0.2, 0.25) is 0 Å². The Bertz CT molecular complexity index is 325. The van der Waals surface area contributed by atoms with Crippen molar-refractivity contribution in [2.75, 3.05) is 13.1 Å². The molecule has 0 aromatic heterocycles. The highest BCUT2D eigenvalue weighted by Gasteiger charge is 2.46. The van der Waals surface area contributed by atoms with Gasteiger partial charge in [-0.1, -0.05) is 19.1 Å². The van der Waals surface area contributed by atoms with Gasteiger partial charge in [-0.2, -0.15) is 0 Å². The minimum atomic E-state index is 0.114. The Balaban J connectivity index is 1.97. The quantitative estimate of drug-likeness (QED) is 0.720. The lowest BCUT2D eigenvalue weighted by Crippen LogP contribution is -2.42. The van der Waals surface area contributed by atoms with Crippen molar-refractivity contribution in [2.45, 2.75) is 39.5 Å². The van der Waals surface area contributed by atoms with E-state index in [9.17, 15) is 4.79 Å². The van der Waals surface area contributed by atoms with Gasteiger partial charge in [-0.05, 0) is 44.4 Å². The maximum absolute atomic E-state index is 12.6. The first-order chi connectivity index (χ1) is 8.54. The fourth-order valence-corrected chi connectivity index (χ4v) is 2.78. The molecule has 102 valence electrons. The van der Waals surface area contributed by atoms with Crippen LogP contribution in [0.15, 0.2) is 0 Å². The van der Waals surface area contributed by atoms with Gasteiger partial charge in [0.2, 0.25) is 5.91 Å². The second-order valence-corrected chi connectivity index (χ2v) is 6.35. The summed E-state index contributed by atoms with van der Waals surface area (Å²) in [4.78, 5) is 15.1. The summed E-state index contributed by atoms with van der Waals surface area (Å²) in [5.74, 6) is 2.09. The van der Waals surface area contributed by atoms with Crippen molar-refractivity contribution in [3.05, 3.63) is 0 Å². The smallest absolute Gasteiger partial charge is 0.226 e. The number of hydrogen-bond donors (Lipinski definition) is 1. The van der Waals surface area contributed by atoms with Crippen molar-refractivity contribution in [3.8, 4) is 0 Å². The zero-order chi connectivity index (χ0) is 13.3. The fourth-order valence-electron chi connectivity index (χ4n) is 2.71. The number of carbonyl (C=O) groups excluding carboxylic acids is 1. The minimum Gasteiger partial charge on any atom is -0.393 e. The van der Waals surface area contributed by atoms with Crippen LogP contribution < -0.4 is 5.73 Å². The first-order valence-corrected chi connectivity index (χ1v) is 7.53. The van der Waals surface area contributed by atoms with Gasteiger partial charge in [0.15, 0.2) is 0 Å². The Hall–Kier alpha value is -0.640. The molecule has 18 heavy (non-hydrogen) atoms. The Morgan fingerprint density at radius 3 is 2.17 bits per heavy atom. The number of amides is 1. The first kappa shape index (κ1) is 13.8. The molecule has 0 spiro atoms. The van der Waals surface area contributed by atoms with Crippen LogP contribution >= 0.6 is 12.2 Å². The van der Waals surface area contributed by atoms with Crippen LogP contribution in [-0.2, 0) is 4.79 Å². The van der Waals surface area contributed by atoms with Gasteiger partial charge in [0.05, 0.1) is 4.99 Å². The van der Waals surface area contributed by atoms with Gasteiger partial charge in [-0.25, -0.2) is 0 Å². The summed E-state index contributed by atoms with van der Waals surface area (Å²) in [5.41, 5.74) is 5.65. The van der Waals surface area contributed by atoms with Crippen LogP contribution in [0.25, 0.3) is 0 Å². The molecular formula is C14H24N2OS. The Kier molecular flexibility index (Phi) is 4.25. The largest absolute Gasteiger partial charge is 0.393 e. The van der Waals surface area contributed by atoms with E-state index in [1.807, 2.05) is 18.7 Å². The average Bonchev–Trinajstić information content (AvgIpc) is 3.18. The van der Waals surface area contributed by atoms with Gasteiger partial charge < -0.3 is 10.6 Å². The zero-order valence-corrected chi connectivity index (χ0v) is 12.2. The van der Waals surface area contributed by atoms with Crippen molar-refractivity contribution in [2.24, 2.45) is 29.4 Å². The van der Waals surface area contributed by atoms with Crippen LogP contribution in [0.4, 0.5) is 0 Å². The maximum atomic E-state index is 12.6. The summed E-state index contributed by atoms with van der Waals surface area (Å²) < 4.78 is 0. The van der Waals surface area contributed by atoms with E-state index in [0.717, 1.165) is 6.54 Å². The van der Waals surface area contributed by atoms with Crippen LogP contribution in [0.1, 0.15) is 39.5 Å². The Morgan fingerprint density at radius 1 is 1.33 bits per heavy atom. The number of carbonyl (C=O) groups is 1. The van der Waals surface area contributed by atoms with Crippen molar-refractivity contribution in [3.63, 3.8) is 0 Å². The molecule has 2 fully saturated rings. The van der Waals surface area contributed by atoms with Gasteiger partial charge in [0.25, 0.3) is 0 Å². The third-order valence-corrected chi connectivity index (χ3v) is 4.62. The number of nitrogens with two attached hydrogens (primary N) is 1. The number of nitrogens with zero attached hydrogens (tertiary/aromatic N) is 1. The molecule has 2 aliphatic rings. The second kappa shape index (κ2) is 5.55. The molecule has 0 aliphatic heterocycles. The predicted molar refractivity (Wildman–Crippen MR) is 77.1 cm³/mol. The monoisotopic (exact) mass is 268 g/mol. The van der Waals surface area contributed by atoms with Gasteiger partial charge in [0.1, 0.15) is 0 Å². The molecule has 1 unspecified atom stereocenters. The lowest BCUT2D eigenvalue weighted by atomic mass is 9.95. The highest BCUT2D eigenvalue weighted by atomic mass is 32.1. The summed E-state index contributed by atoms with van der Waals surface area (Å²) in [7, 11) is 0. The summed E-state index contributed by atoms with van der Waals surface area (Å²) in [6.45, 7) is 5.49. The van der Waals surface area contributed by atoms with E-state index >= 15 is 0 Å². The minimum absolute atomic E-state index is 0.114. The molecule has 0 heterocycles. The topological polar surface area (TPSA) is 46.3 Å².